The van der Waals surface area contributed by atoms with Crippen molar-refractivity contribution in [3.63, 3.8) is 0 Å². The highest BCUT2D eigenvalue weighted by Gasteiger charge is 2.36. The average molecular weight is 398 g/mol. The van der Waals surface area contributed by atoms with Gasteiger partial charge in [0.05, 0.1) is 10.7 Å². The molecule has 1 heterocycles. The van der Waals surface area contributed by atoms with Gasteiger partial charge in [0.1, 0.15) is 16.6 Å². The van der Waals surface area contributed by atoms with Crippen LogP contribution in [0.1, 0.15) is 43.8 Å². The van der Waals surface area contributed by atoms with Gasteiger partial charge in [-0.15, -0.1) is 4.72 Å². The fourth-order valence-electron chi connectivity index (χ4n) is 1.92. The Morgan fingerprint density at radius 1 is 1.24 bits per heavy atom. The summed E-state index contributed by atoms with van der Waals surface area (Å²) in [5, 5.41) is 5.35. The molecule has 2 rings (SSSR count). The summed E-state index contributed by atoms with van der Waals surface area (Å²) in [5.74, 6) is -0.665. The second-order valence-corrected chi connectivity index (χ2v) is 8.72. The van der Waals surface area contributed by atoms with Crippen LogP contribution in [0.2, 0.25) is 5.02 Å². The van der Waals surface area contributed by atoms with Crippen LogP contribution in [-0.4, -0.2) is 19.5 Å². The van der Waals surface area contributed by atoms with E-state index in [0.29, 0.717) is 5.56 Å². The van der Waals surface area contributed by atoms with E-state index in [9.17, 15) is 22.1 Å². The molecule has 0 fully saturated rings. The molecule has 2 aromatic rings. The summed E-state index contributed by atoms with van der Waals surface area (Å²) in [4.78, 5) is 0. The lowest BCUT2D eigenvalue weighted by atomic mass is 10.0. The number of alkyl halides is 3. The minimum Gasteiger partial charge on any atom is -0.598 e. The molecule has 1 aromatic carbocycles. The molecule has 0 amide bonds. The lowest BCUT2D eigenvalue weighted by molar-refractivity contribution is -0.141. The molecule has 1 aromatic heterocycles. The van der Waals surface area contributed by atoms with Crippen molar-refractivity contribution in [3.8, 4) is 0 Å². The van der Waals surface area contributed by atoms with Crippen molar-refractivity contribution in [2.24, 2.45) is 0 Å². The third-order valence-corrected chi connectivity index (χ3v) is 5.11. The minimum atomic E-state index is -4.62. The van der Waals surface area contributed by atoms with Crippen LogP contribution in [0.3, 0.4) is 0 Å². The summed E-state index contributed by atoms with van der Waals surface area (Å²) >= 11 is 4.16. The van der Waals surface area contributed by atoms with Crippen molar-refractivity contribution in [2.45, 2.75) is 37.7 Å². The topological polar surface area (TPSA) is 63.8 Å². The smallest absolute Gasteiger partial charge is 0.435 e. The van der Waals surface area contributed by atoms with Crippen molar-refractivity contribution < 1.29 is 22.1 Å². The van der Waals surface area contributed by atoms with Crippen LogP contribution in [0.15, 0.2) is 24.3 Å². The first kappa shape index (κ1) is 20.0. The zero-order valence-electron chi connectivity index (χ0n) is 13.5. The summed E-state index contributed by atoms with van der Waals surface area (Å²) in [6.07, 6.45) is -4.62. The number of aromatic amines is 1. The summed E-state index contributed by atoms with van der Waals surface area (Å²) in [5.41, 5.74) is -0.724. The fourth-order valence-corrected chi connectivity index (χ4v) is 2.94. The number of hydrogen-bond acceptors (Lipinski definition) is 3. The zero-order chi connectivity index (χ0) is 19.0. The van der Waals surface area contributed by atoms with E-state index in [0.717, 1.165) is 12.1 Å². The number of nitrogens with zero attached hydrogens (tertiary/aromatic N) is 1. The molecule has 4 nitrogen and oxygen atoms in total. The molecule has 2 N–H and O–H groups in total. The minimum absolute atomic E-state index is 0.0348. The second-order valence-electron chi connectivity index (χ2n) is 6.31. The van der Waals surface area contributed by atoms with Gasteiger partial charge in [-0.05, 0) is 44.5 Å². The molecule has 0 radical (unpaired) electrons. The molecule has 0 aliphatic rings. The van der Waals surface area contributed by atoms with Crippen LogP contribution < -0.4 is 4.72 Å². The molecule has 10 heteroatoms. The summed E-state index contributed by atoms with van der Waals surface area (Å²) in [6, 6.07) is 3.58. The highest BCUT2D eigenvalue weighted by atomic mass is 35.5. The number of H-pyrrole nitrogens is 1. The van der Waals surface area contributed by atoms with Crippen LogP contribution in [-0.2, 0) is 17.5 Å². The molecule has 1 unspecified atom stereocenters. The molecule has 0 saturated carbocycles. The van der Waals surface area contributed by atoms with Crippen molar-refractivity contribution in [2.75, 3.05) is 0 Å². The molecular weight excluding hydrogens is 382 g/mol. The van der Waals surface area contributed by atoms with Crippen molar-refractivity contribution in [1.29, 1.82) is 0 Å². The van der Waals surface area contributed by atoms with Gasteiger partial charge in [0, 0.05) is 11.4 Å². The van der Waals surface area contributed by atoms with E-state index in [2.05, 4.69) is 14.9 Å². The average Bonchev–Trinajstić information content (AvgIpc) is 2.96. The SMILES string of the molecule is CC(C)(C)[S+]([O-])N[C@H](c1ccc(F)c(Cl)c1)c1cc(C(F)(F)F)n[nH]1. The van der Waals surface area contributed by atoms with E-state index in [1.807, 2.05) is 0 Å². The van der Waals surface area contributed by atoms with Gasteiger partial charge in [-0.2, -0.15) is 18.3 Å². The maximum atomic E-state index is 13.4. The quantitative estimate of drug-likeness (QED) is 0.595. The van der Waals surface area contributed by atoms with E-state index in [-0.39, 0.29) is 10.7 Å². The van der Waals surface area contributed by atoms with E-state index >= 15 is 0 Å². The van der Waals surface area contributed by atoms with Crippen molar-refractivity contribution in [1.82, 2.24) is 14.9 Å². The molecular formula is C15H16ClF4N3OS. The van der Waals surface area contributed by atoms with Gasteiger partial charge < -0.3 is 4.55 Å². The Morgan fingerprint density at radius 2 is 1.88 bits per heavy atom. The Labute approximate surface area is 150 Å². The lowest BCUT2D eigenvalue weighted by Crippen LogP contribution is -2.41. The standard InChI is InChI=1S/C15H16ClF4N3OS/c1-14(2,3)25(24)23-13(8-4-5-10(17)9(16)6-8)11-7-12(22-21-11)15(18,19)20/h4-7,13,23H,1-3H3,(H,21,22)/t13-,25?/m1/s1. The third kappa shape index (κ3) is 4.87. The van der Waals surface area contributed by atoms with Gasteiger partial charge in [0.25, 0.3) is 0 Å². The van der Waals surface area contributed by atoms with Crippen LogP contribution in [0.25, 0.3) is 0 Å². The van der Waals surface area contributed by atoms with Gasteiger partial charge in [-0.25, -0.2) is 4.39 Å². The first-order valence-electron chi connectivity index (χ1n) is 7.15. The van der Waals surface area contributed by atoms with Gasteiger partial charge in [-0.1, -0.05) is 17.7 Å². The molecule has 0 aliphatic carbocycles. The first-order chi connectivity index (χ1) is 11.4. The Bertz CT molecular complexity index is 745. The maximum Gasteiger partial charge on any atom is 0.435 e. The Morgan fingerprint density at radius 3 is 2.36 bits per heavy atom. The van der Waals surface area contributed by atoms with E-state index in [1.165, 1.54) is 12.1 Å². The van der Waals surface area contributed by atoms with Crippen LogP contribution in [0, 0.1) is 5.82 Å². The van der Waals surface area contributed by atoms with Gasteiger partial charge >= 0.3 is 6.18 Å². The van der Waals surface area contributed by atoms with Gasteiger partial charge in [-0.3, -0.25) is 5.10 Å². The number of rotatable bonds is 4. The van der Waals surface area contributed by atoms with E-state index in [1.54, 1.807) is 20.8 Å². The van der Waals surface area contributed by atoms with Gasteiger partial charge in [0.2, 0.25) is 0 Å². The van der Waals surface area contributed by atoms with E-state index in [4.69, 9.17) is 11.6 Å². The summed E-state index contributed by atoms with van der Waals surface area (Å²) in [7, 11) is 0. The highest BCUT2D eigenvalue weighted by Crippen LogP contribution is 2.32. The predicted molar refractivity (Wildman–Crippen MR) is 87.9 cm³/mol. The Kier molecular flexibility index (Phi) is 5.72. The molecule has 138 valence electrons. The predicted octanol–water partition coefficient (Wildman–Crippen LogP) is 4.36. The van der Waals surface area contributed by atoms with Gasteiger partial charge in [0.15, 0.2) is 5.69 Å². The van der Waals surface area contributed by atoms with Crippen LogP contribution in [0.4, 0.5) is 17.6 Å². The Balaban J connectivity index is 2.45. The number of benzene rings is 1. The molecule has 0 spiro atoms. The largest absolute Gasteiger partial charge is 0.598 e. The Hall–Kier alpha value is -1.29. The highest BCUT2D eigenvalue weighted by molar-refractivity contribution is 7.90. The molecule has 25 heavy (non-hydrogen) atoms. The zero-order valence-corrected chi connectivity index (χ0v) is 15.1. The van der Waals surface area contributed by atoms with Crippen LogP contribution >= 0.6 is 11.6 Å². The van der Waals surface area contributed by atoms with Crippen molar-refractivity contribution >= 4 is 23.0 Å². The number of hydrogen-bond donors (Lipinski definition) is 2. The number of aromatic nitrogens is 2. The summed E-state index contributed by atoms with van der Waals surface area (Å²) < 4.78 is 66.3. The molecule has 0 bridgehead atoms. The maximum absolute atomic E-state index is 13.4. The van der Waals surface area contributed by atoms with E-state index < -0.39 is 39.8 Å². The monoisotopic (exact) mass is 397 g/mol. The fraction of sp³-hybridized carbons (Fsp3) is 0.400. The van der Waals surface area contributed by atoms with Crippen LogP contribution in [0.5, 0.6) is 0 Å². The second kappa shape index (κ2) is 7.14. The number of nitrogens with one attached hydrogen (secondary N) is 2. The number of halogens is 5. The lowest BCUT2D eigenvalue weighted by Gasteiger charge is -2.27. The van der Waals surface area contributed by atoms with Crippen molar-refractivity contribution in [3.05, 3.63) is 52.1 Å². The molecule has 0 aliphatic heterocycles. The third-order valence-electron chi connectivity index (χ3n) is 3.26. The normalized spacial score (nSPS) is 15.2. The first-order valence-corrected chi connectivity index (χ1v) is 8.68. The molecule has 0 saturated heterocycles. The molecule has 2 atom stereocenters. The summed E-state index contributed by atoms with van der Waals surface area (Å²) in [6.45, 7) is 5.12.